The van der Waals surface area contributed by atoms with E-state index in [-0.39, 0.29) is 25.7 Å². The highest BCUT2D eigenvalue weighted by Crippen LogP contribution is 2.47. The molecular weight excluding hydrogens is 1180 g/mol. The van der Waals surface area contributed by atoms with Crippen LogP contribution in [0.25, 0.3) is 0 Å². The first-order chi connectivity index (χ1) is 45.6. The van der Waals surface area contributed by atoms with Gasteiger partial charge in [0.15, 0.2) is 0 Å². The average Bonchev–Trinajstić information content (AvgIpc) is 0.709. The number of esters is 4. The van der Waals surface area contributed by atoms with Crippen LogP contribution in [0.4, 0.5) is 0 Å². The van der Waals surface area contributed by atoms with Crippen LogP contribution in [0.5, 0.6) is 0 Å². The number of hydrogen-bond acceptors (Lipinski definition) is 14. The molecule has 0 radical (unpaired) electrons. The van der Waals surface area contributed by atoms with Crippen LogP contribution in [-0.4, -0.2) is 90.4 Å². The van der Waals surface area contributed by atoms with Gasteiger partial charge < -0.3 is 49.6 Å². The molecule has 1 unspecified atom stereocenters. The van der Waals surface area contributed by atoms with Crippen molar-refractivity contribution in [2.24, 2.45) is 0 Å². The fourth-order valence-corrected chi connectivity index (χ4v) is 11.9. The lowest BCUT2D eigenvalue weighted by Gasteiger charge is -2.53. The smallest absolute Gasteiger partial charge is 0.353 e. The molecular formula is C80H146O14. The second-order valence-corrected chi connectivity index (χ2v) is 27.1. The number of aliphatic hydroxyl groups excluding tert-OH is 2. The molecule has 94 heavy (non-hydrogen) atoms. The Bertz CT molecular complexity index is 1900. The summed E-state index contributed by atoms with van der Waals surface area (Å²) in [4.78, 5) is 56.2. The summed E-state index contributed by atoms with van der Waals surface area (Å²) < 4.78 is 22.4. The number of ether oxygens (including phenoxy) is 4. The van der Waals surface area contributed by atoms with Crippen LogP contribution in [-0.2, 0) is 38.1 Å². The molecule has 0 aromatic heterocycles. The number of rotatable bonds is 70. The normalized spacial score (nSPS) is 15.0. The van der Waals surface area contributed by atoms with Crippen molar-refractivity contribution in [3.8, 4) is 0 Å². The topological polar surface area (TPSA) is 227 Å². The number of carbonyl (C=O) groups excluding carboxylic acids is 4. The molecule has 0 fully saturated rings. The lowest BCUT2D eigenvalue weighted by molar-refractivity contribution is -0.509. The van der Waals surface area contributed by atoms with E-state index < -0.39 is 85.4 Å². The number of hydrogen-bond donors (Lipinski definition) is 6. The maximum absolute atomic E-state index is 14.2. The van der Waals surface area contributed by atoms with Gasteiger partial charge in [-0.15, -0.1) is 0 Å². The van der Waals surface area contributed by atoms with Gasteiger partial charge in [-0.25, -0.2) is 0 Å². The van der Waals surface area contributed by atoms with Crippen LogP contribution in [0.15, 0.2) is 48.6 Å². The van der Waals surface area contributed by atoms with Crippen molar-refractivity contribution in [3.05, 3.63) is 48.6 Å². The molecule has 6 N–H and O–H groups in total. The van der Waals surface area contributed by atoms with Crippen molar-refractivity contribution < 1.29 is 68.8 Å². The van der Waals surface area contributed by atoms with E-state index >= 15 is 0 Å². The molecule has 0 spiro atoms. The van der Waals surface area contributed by atoms with E-state index in [0.29, 0.717) is 32.1 Å². The lowest BCUT2D eigenvalue weighted by Crippen LogP contribution is -2.82. The van der Waals surface area contributed by atoms with E-state index in [1.165, 1.54) is 161 Å². The molecule has 0 heterocycles. The molecule has 0 aliphatic heterocycles. The Morgan fingerprint density at radius 3 is 0.723 bits per heavy atom. The van der Waals surface area contributed by atoms with E-state index in [9.17, 15) is 49.8 Å². The zero-order valence-corrected chi connectivity index (χ0v) is 61.2. The van der Waals surface area contributed by atoms with Crippen molar-refractivity contribution in [2.75, 3.05) is 6.61 Å². The van der Waals surface area contributed by atoms with Crippen molar-refractivity contribution in [2.45, 2.75) is 430 Å². The Hall–Kier alpha value is -3.40. The molecule has 0 bridgehead atoms. The fourth-order valence-electron chi connectivity index (χ4n) is 11.9. The van der Waals surface area contributed by atoms with Gasteiger partial charge in [0.05, 0.1) is 6.61 Å². The Kier molecular flexibility index (Phi) is 60.8. The summed E-state index contributed by atoms with van der Waals surface area (Å²) in [6.45, 7) is 8.64. The summed E-state index contributed by atoms with van der Waals surface area (Å²) in [6, 6.07) is 0. The standard InChI is InChI=1S/C80H146O14/c1-6-11-15-19-23-27-31-35-39-43-47-51-55-59-63-67-73(83)91-77(87,10-5)79(89,93-75(85)69-65-61-57-53-49-45-41-37-33-29-25-21-17-13-8-3)80(90,94-76(86)70-66-62-58-54-50-46-42-38-34-30-26-22-18-14-9-4)78(88,72(82)71-81)92-74(84)68-64-60-56-52-48-44-40-36-32-28-24-20-16-12-7-2/h35-42,72,81-82,87-90H,6-34,43-71H2,1-5H3/b39-35-,40-36-,41-37-,42-38-/t72-,77?,78+,79+,80+/m0/s1. The highest BCUT2D eigenvalue weighted by atomic mass is 16.8. The fraction of sp³-hybridized carbons (Fsp3) is 0.850. The summed E-state index contributed by atoms with van der Waals surface area (Å²) >= 11 is 0. The van der Waals surface area contributed by atoms with E-state index in [4.69, 9.17) is 18.9 Å². The first-order valence-electron chi connectivity index (χ1n) is 39.3. The quantitative estimate of drug-likeness (QED) is 0.0110. The highest BCUT2D eigenvalue weighted by molar-refractivity contribution is 5.73. The SMILES string of the molecule is CCCCCCCC/C=C\CCCCCCCC(=O)OC(O)(CC)[C@@](O)(OC(=O)CCCCCCC/C=C\CCCCCCCC)[C@](O)(OC(=O)CCCCCCC/C=C\CCCCCCCC)[C@](O)(OC(=O)CCCCCCC/C=C\CCCCCCCC)[C@@H](O)CO. The van der Waals surface area contributed by atoms with Crippen molar-refractivity contribution in [1.82, 2.24) is 0 Å². The van der Waals surface area contributed by atoms with Gasteiger partial charge in [0, 0.05) is 32.1 Å². The Morgan fingerprint density at radius 2 is 0.489 bits per heavy atom. The van der Waals surface area contributed by atoms with Gasteiger partial charge in [0.25, 0.3) is 5.79 Å². The lowest BCUT2D eigenvalue weighted by atomic mass is 9.84. The third kappa shape index (κ3) is 45.2. The molecule has 550 valence electrons. The minimum atomic E-state index is -4.36. The van der Waals surface area contributed by atoms with Gasteiger partial charge in [-0.1, -0.05) is 289 Å². The van der Waals surface area contributed by atoms with Gasteiger partial charge in [-0.3, -0.25) is 19.2 Å². The zero-order valence-electron chi connectivity index (χ0n) is 61.2. The van der Waals surface area contributed by atoms with Crippen LogP contribution < -0.4 is 0 Å². The van der Waals surface area contributed by atoms with Gasteiger partial charge in [-0.05, 0) is 128 Å². The van der Waals surface area contributed by atoms with Crippen molar-refractivity contribution >= 4 is 23.9 Å². The first-order valence-corrected chi connectivity index (χ1v) is 39.3. The molecule has 0 aromatic carbocycles. The maximum Gasteiger partial charge on any atom is 0.353 e. The van der Waals surface area contributed by atoms with Crippen molar-refractivity contribution in [1.29, 1.82) is 0 Å². The minimum absolute atomic E-state index is 0.190. The summed E-state index contributed by atoms with van der Waals surface area (Å²) in [6.07, 6.45) is 64.3. The van der Waals surface area contributed by atoms with Crippen LogP contribution in [0.1, 0.15) is 401 Å². The van der Waals surface area contributed by atoms with E-state index in [1.54, 1.807) is 0 Å². The number of aliphatic hydroxyl groups is 6. The monoisotopic (exact) mass is 1330 g/mol. The Labute approximate surface area is 575 Å². The molecule has 14 heteroatoms. The van der Waals surface area contributed by atoms with E-state index in [1.807, 2.05) is 0 Å². The first kappa shape index (κ1) is 90.6. The second kappa shape index (κ2) is 63.1. The minimum Gasteiger partial charge on any atom is -0.426 e. The predicted octanol–water partition coefficient (Wildman–Crippen LogP) is 20.8. The Balaban J connectivity index is 6.66. The molecule has 0 aliphatic rings. The summed E-state index contributed by atoms with van der Waals surface area (Å²) in [5.74, 6) is -21.1. The van der Waals surface area contributed by atoms with Crippen LogP contribution in [0.2, 0.25) is 0 Å². The van der Waals surface area contributed by atoms with Crippen LogP contribution >= 0.6 is 0 Å². The zero-order chi connectivity index (χ0) is 69.4. The molecule has 0 aliphatic carbocycles. The van der Waals surface area contributed by atoms with E-state index in [2.05, 4.69) is 76.3 Å². The summed E-state index contributed by atoms with van der Waals surface area (Å²) in [5, 5.41) is 73.6. The van der Waals surface area contributed by atoms with Crippen LogP contribution in [0.3, 0.4) is 0 Å². The highest BCUT2D eigenvalue weighted by Gasteiger charge is 2.81. The van der Waals surface area contributed by atoms with Gasteiger partial charge >= 0.3 is 41.2 Å². The number of carbonyl (C=O) groups is 4. The largest absolute Gasteiger partial charge is 0.426 e. The third-order valence-electron chi connectivity index (χ3n) is 18.2. The molecule has 0 aromatic rings. The number of allylic oxidation sites excluding steroid dienone is 8. The molecule has 0 saturated heterocycles. The third-order valence-corrected chi connectivity index (χ3v) is 18.2. The Morgan fingerprint density at radius 1 is 0.287 bits per heavy atom. The van der Waals surface area contributed by atoms with Crippen LogP contribution in [0, 0.1) is 0 Å². The molecule has 14 nitrogen and oxygen atoms in total. The molecule has 5 atom stereocenters. The molecule has 0 amide bonds. The average molecular weight is 1330 g/mol. The molecule has 0 saturated carbocycles. The number of unbranched alkanes of at least 4 members (excludes halogenated alkanes) is 44. The summed E-state index contributed by atoms with van der Waals surface area (Å²) in [7, 11) is 0. The van der Waals surface area contributed by atoms with Gasteiger partial charge in [-0.2, -0.15) is 0 Å². The second-order valence-electron chi connectivity index (χ2n) is 27.1. The maximum atomic E-state index is 14.2. The van der Waals surface area contributed by atoms with E-state index in [0.717, 1.165) is 128 Å². The summed E-state index contributed by atoms with van der Waals surface area (Å²) in [5.41, 5.74) is 0. The van der Waals surface area contributed by atoms with Gasteiger partial charge in [0.1, 0.15) is 6.10 Å². The molecule has 0 rings (SSSR count). The van der Waals surface area contributed by atoms with Crippen molar-refractivity contribution in [3.63, 3.8) is 0 Å². The predicted molar refractivity (Wildman–Crippen MR) is 385 cm³/mol. The van der Waals surface area contributed by atoms with Gasteiger partial charge in [0.2, 0.25) is 0 Å².